The third-order valence-corrected chi connectivity index (χ3v) is 3.85. The molecule has 0 bridgehead atoms. The van der Waals surface area contributed by atoms with Crippen molar-refractivity contribution in [3.8, 4) is 0 Å². The number of nitrogens with zero attached hydrogens (tertiary/aromatic N) is 1. The normalized spacial score (nSPS) is 26.0. The van der Waals surface area contributed by atoms with Gasteiger partial charge in [0.1, 0.15) is 0 Å². The zero-order chi connectivity index (χ0) is 12.1. The van der Waals surface area contributed by atoms with Gasteiger partial charge in [0.05, 0.1) is 0 Å². The topological polar surface area (TPSA) is 15.3 Å². The van der Waals surface area contributed by atoms with Crippen molar-refractivity contribution in [2.45, 2.75) is 32.9 Å². The van der Waals surface area contributed by atoms with Crippen LogP contribution in [0.1, 0.15) is 25.8 Å². The van der Waals surface area contributed by atoms with Crippen molar-refractivity contribution in [2.24, 2.45) is 5.92 Å². The maximum absolute atomic E-state index is 3.71. The minimum Gasteiger partial charge on any atom is -0.310 e. The molecule has 0 amide bonds. The fourth-order valence-electron chi connectivity index (χ4n) is 2.67. The van der Waals surface area contributed by atoms with Gasteiger partial charge in [0.25, 0.3) is 0 Å². The zero-order valence-corrected chi connectivity index (χ0v) is 11.0. The Hall–Kier alpha value is -0.860. The van der Waals surface area contributed by atoms with E-state index in [0.29, 0.717) is 6.04 Å². The Morgan fingerprint density at radius 1 is 1.29 bits per heavy atom. The lowest BCUT2D eigenvalue weighted by molar-refractivity contribution is 0.153. The van der Waals surface area contributed by atoms with E-state index in [1.807, 2.05) is 0 Å². The first kappa shape index (κ1) is 12.6. The molecular formula is C15H24N2. The average Bonchev–Trinajstić information content (AvgIpc) is 2.38. The van der Waals surface area contributed by atoms with Crippen molar-refractivity contribution in [3.63, 3.8) is 0 Å². The number of hydrogen-bond acceptors (Lipinski definition) is 2. The van der Waals surface area contributed by atoms with E-state index >= 15 is 0 Å². The Morgan fingerprint density at radius 2 is 2.06 bits per heavy atom. The minimum atomic E-state index is 0.679. The number of piperidine rings is 1. The van der Waals surface area contributed by atoms with Crippen LogP contribution in [0.15, 0.2) is 30.3 Å². The van der Waals surface area contributed by atoms with Crippen LogP contribution < -0.4 is 5.32 Å². The van der Waals surface area contributed by atoms with Gasteiger partial charge in [0.2, 0.25) is 0 Å². The summed E-state index contributed by atoms with van der Waals surface area (Å²) in [5.74, 6) is 0.757. The SMILES string of the molecule is CCN1CC[C@H](NCc2ccccc2)[C@@H](C)C1. The van der Waals surface area contributed by atoms with Crippen LogP contribution in [-0.4, -0.2) is 30.6 Å². The number of hydrogen-bond donors (Lipinski definition) is 1. The van der Waals surface area contributed by atoms with Gasteiger partial charge in [-0.05, 0) is 31.0 Å². The highest BCUT2D eigenvalue weighted by atomic mass is 15.1. The Labute approximate surface area is 105 Å². The van der Waals surface area contributed by atoms with E-state index in [2.05, 4.69) is 54.4 Å². The van der Waals surface area contributed by atoms with E-state index in [0.717, 1.165) is 12.5 Å². The summed E-state index contributed by atoms with van der Waals surface area (Å²) in [4.78, 5) is 2.55. The molecule has 2 nitrogen and oxygen atoms in total. The van der Waals surface area contributed by atoms with Crippen LogP contribution in [0, 0.1) is 5.92 Å². The summed E-state index contributed by atoms with van der Waals surface area (Å²) in [7, 11) is 0. The molecule has 2 heteroatoms. The fraction of sp³-hybridized carbons (Fsp3) is 0.600. The molecule has 0 spiro atoms. The molecule has 1 N–H and O–H groups in total. The molecule has 1 aliphatic rings. The first-order valence-electron chi connectivity index (χ1n) is 6.79. The van der Waals surface area contributed by atoms with Crippen LogP contribution in [0.25, 0.3) is 0 Å². The Bertz CT molecular complexity index is 323. The summed E-state index contributed by atoms with van der Waals surface area (Å²) >= 11 is 0. The molecule has 1 heterocycles. The van der Waals surface area contributed by atoms with Gasteiger partial charge in [0, 0.05) is 19.1 Å². The lowest BCUT2D eigenvalue weighted by Gasteiger charge is -2.36. The molecule has 0 radical (unpaired) electrons. The summed E-state index contributed by atoms with van der Waals surface area (Å²) in [6.07, 6.45) is 1.28. The summed E-state index contributed by atoms with van der Waals surface area (Å²) in [5, 5.41) is 3.71. The van der Waals surface area contributed by atoms with E-state index in [4.69, 9.17) is 0 Å². The molecule has 2 rings (SSSR count). The van der Waals surface area contributed by atoms with E-state index in [-0.39, 0.29) is 0 Å². The molecule has 2 atom stereocenters. The molecule has 0 saturated carbocycles. The lowest BCUT2D eigenvalue weighted by atomic mass is 9.93. The van der Waals surface area contributed by atoms with Crippen LogP contribution in [0.4, 0.5) is 0 Å². The van der Waals surface area contributed by atoms with Gasteiger partial charge in [0.15, 0.2) is 0 Å². The van der Waals surface area contributed by atoms with E-state index in [1.54, 1.807) is 0 Å². The number of benzene rings is 1. The number of likely N-dealkylation sites (tertiary alicyclic amines) is 1. The molecule has 1 aliphatic heterocycles. The molecule has 1 fully saturated rings. The second kappa shape index (κ2) is 6.18. The predicted octanol–water partition coefficient (Wildman–Crippen LogP) is 2.51. The zero-order valence-electron chi connectivity index (χ0n) is 11.0. The summed E-state index contributed by atoms with van der Waals surface area (Å²) < 4.78 is 0. The minimum absolute atomic E-state index is 0.679. The van der Waals surface area contributed by atoms with Crippen molar-refractivity contribution in [1.82, 2.24) is 10.2 Å². The van der Waals surface area contributed by atoms with Gasteiger partial charge in [-0.25, -0.2) is 0 Å². The Balaban J connectivity index is 1.80. The van der Waals surface area contributed by atoms with Gasteiger partial charge in [-0.1, -0.05) is 44.2 Å². The van der Waals surface area contributed by atoms with Crippen LogP contribution in [0.2, 0.25) is 0 Å². The number of nitrogens with one attached hydrogen (secondary N) is 1. The van der Waals surface area contributed by atoms with Crippen LogP contribution in [0.5, 0.6) is 0 Å². The maximum atomic E-state index is 3.71. The molecular weight excluding hydrogens is 208 g/mol. The quantitative estimate of drug-likeness (QED) is 0.858. The molecule has 0 unspecified atom stereocenters. The third-order valence-electron chi connectivity index (χ3n) is 3.85. The third kappa shape index (κ3) is 3.55. The molecule has 1 aromatic carbocycles. The first-order chi connectivity index (χ1) is 8.29. The molecule has 0 aliphatic carbocycles. The monoisotopic (exact) mass is 232 g/mol. The van der Waals surface area contributed by atoms with Gasteiger partial charge < -0.3 is 10.2 Å². The molecule has 1 saturated heterocycles. The summed E-state index contributed by atoms with van der Waals surface area (Å²) in [6.45, 7) is 9.29. The van der Waals surface area contributed by atoms with E-state index < -0.39 is 0 Å². The lowest BCUT2D eigenvalue weighted by Crippen LogP contribution is -2.47. The smallest absolute Gasteiger partial charge is 0.0208 e. The molecule has 17 heavy (non-hydrogen) atoms. The molecule has 0 aromatic heterocycles. The van der Waals surface area contributed by atoms with Crippen LogP contribution in [-0.2, 0) is 6.54 Å². The van der Waals surface area contributed by atoms with E-state index in [1.165, 1.54) is 31.6 Å². The molecule has 1 aromatic rings. The van der Waals surface area contributed by atoms with Gasteiger partial charge >= 0.3 is 0 Å². The van der Waals surface area contributed by atoms with Crippen molar-refractivity contribution in [2.75, 3.05) is 19.6 Å². The standard InChI is InChI=1S/C15H24N2/c1-3-17-10-9-15(13(2)12-17)16-11-14-7-5-4-6-8-14/h4-8,13,15-16H,3,9-12H2,1-2H3/t13-,15-/m0/s1. The van der Waals surface area contributed by atoms with Crippen molar-refractivity contribution in [1.29, 1.82) is 0 Å². The van der Waals surface area contributed by atoms with Crippen LogP contribution >= 0.6 is 0 Å². The summed E-state index contributed by atoms with van der Waals surface area (Å²) in [6, 6.07) is 11.4. The largest absolute Gasteiger partial charge is 0.310 e. The first-order valence-corrected chi connectivity index (χ1v) is 6.79. The fourth-order valence-corrected chi connectivity index (χ4v) is 2.67. The summed E-state index contributed by atoms with van der Waals surface area (Å²) in [5.41, 5.74) is 1.39. The highest BCUT2D eigenvalue weighted by molar-refractivity contribution is 5.14. The Kier molecular flexibility index (Phi) is 4.57. The Morgan fingerprint density at radius 3 is 2.71 bits per heavy atom. The van der Waals surface area contributed by atoms with Gasteiger partial charge in [-0.15, -0.1) is 0 Å². The van der Waals surface area contributed by atoms with Crippen molar-refractivity contribution in [3.05, 3.63) is 35.9 Å². The predicted molar refractivity (Wildman–Crippen MR) is 73.0 cm³/mol. The van der Waals surface area contributed by atoms with Crippen LogP contribution in [0.3, 0.4) is 0 Å². The second-order valence-corrected chi connectivity index (χ2v) is 5.13. The highest BCUT2D eigenvalue weighted by Crippen LogP contribution is 2.16. The maximum Gasteiger partial charge on any atom is 0.0208 e. The molecule has 94 valence electrons. The van der Waals surface area contributed by atoms with Crippen molar-refractivity contribution < 1.29 is 0 Å². The average molecular weight is 232 g/mol. The van der Waals surface area contributed by atoms with Gasteiger partial charge in [-0.2, -0.15) is 0 Å². The van der Waals surface area contributed by atoms with E-state index in [9.17, 15) is 0 Å². The van der Waals surface area contributed by atoms with Gasteiger partial charge in [-0.3, -0.25) is 0 Å². The second-order valence-electron chi connectivity index (χ2n) is 5.13. The highest BCUT2D eigenvalue weighted by Gasteiger charge is 2.24. The van der Waals surface area contributed by atoms with Crippen molar-refractivity contribution >= 4 is 0 Å². The number of rotatable bonds is 4.